The Kier molecular flexibility index (Phi) is 5.84. The molecule has 1 heterocycles. The van der Waals surface area contributed by atoms with Crippen molar-refractivity contribution in [3.05, 3.63) is 77.8 Å². The van der Waals surface area contributed by atoms with Crippen LogP contribution in [0.3, 0.4) is 0 Å². The van der Waals surface area contributed by atoms with E-state index in [0.29, 0.717) is 11.1 Å². The van der Waals surface area contributed by atoms with Gasteiger partial charge >= 0.3 is 0 Å². The van der Waals surface area contributed by atoms with Gasteiger partial charge in [-0.3, -0.25) is 9.79 Å². The summed E-state index contributed by atoms with van der Waals surface area (Å²) in [6.07, 6.45) is 9.03. The van der Waals surface area contributed by atoms with E-state index in [1.807, 2.05) is 30.4 Å². The zero-order valence-electron chi connectivity index (χ0n) is 12.8. The van der Waals surface area contributed by atoms with Crippen LogP contribution in [-0.4, -0.2) is 18.5 Å². The van der Waals surface area contributed by atoms with E-state index in [-0.39, 0.29) is 12.2 Å². The van der Waals surface area contributed by atoms with Crippen molar-refractivity contribution in [1.82, 2.24) is 0 Å². The second kappa shape index (κ2) is 8.30. The molecule has 23 heavy (non-hydrogen) atoms. The summed E-state index contributed by atoms with van der Waals surface area (Å²) in [6, 6.07) is 12.4. The Morgan fingerprint density at radius 3 is 2.87 bits per heavy atom. The fraction of sp³-hybridized carbons (Fsp3) is 0.105. The summed E-state index contributed by atoms with van der Waals surface area (Å²) in [4.78, 5) is 16.2. The lowest BCUT2D eigenvalue weighted by atomic mass is 10.1. The molecular formula is C19H16N2O2. The molecule has 0 N–H and O–H groups in total. The Morgan fingerprint density at radius 2 is 2.17 bits per heavy atom. The molecule has 4 heteroatoms. The maximum absolute atomic E-state index is 12.1. The van der Waals surface area contributed by atoms with Crippen molar-refractivity contribution in [2.75, 3.05) is 7.05 Å². The van der Waals surface area contributed by atoms with Gasteiger partial charge in [0.2, 0.25) is 0 Å². The number of rotatable bonds is 6. The van der Waals surface area contributed by atoms with Crippen molar-refractivity contribution in [3.8, 4) is 6.07 Å². The number of hydrogen-bond donors (Lipinski definition) is 0. The van der Waals surface area contributed by atoms with Gasteiger partial charge in [-0.15, -0.1) is 0 Å². The van der Waals surface area contributed by atoms with Crippen LogP contribution in [0.15, 0.2) is 70.3 Å². The fourth-order valence-corrected chi connectivity index (χ4v) is 1.92. The molecule has 0 unspecified atom stereocenters. The van der Waals surface area contributed by atoms with Crippen LogP contribution in [0, 0.1) is 11.3 Å². The first-order valence-corrected chi connectivity index (χ1v) is 7.11. The number of nitriles is 1. The average Bonchev–Trinajstić information content (AvgIpc) is 3.11. The lowest BCUT2D eigenvalue weighted by Gasteiger charge is -1.98. The van der Waals surface area contributed by atoms with Crippen LogP contribution in [0.2, 0.25) is 0 Å². The Morgan fingerprint density at radius 1 is 1.30 bits per heavy atom. The van der Waals surface area contributed by atoms with E-state index >= 15 is 0 Å². The monoisotopic (exact) mass is 304 g/mol. The van der Waals surface area contributed by atoms with Crippen LogP contribution in [-0.2, 0) is 0 Å². The number of allylic oxidation sites excluding steroid dienone is 3. The minimum Gasteiger partial charge on any atom is -0.465 e. The average molecular weight is 304 g/mol. The van der Waals surface area contributed by atoms with E-state index in [1.54, 1.807) is 49.7 Å². The number of nitrogens with zero attached hydrogens (tertiary/aromatic N) is 2. The third kappa shape index (κ3) is 4.94. The third-order valence-electron chi connectivity index (χ3n) is 3.13. The van der Waals surface area contributed by atoms with Crippen molar-refractivity contribution in [3.63, 3.8) is 0 Å². The van der Waals surface area contributed by atoms with Crippen LogP contribution >= 0.6 is 0 Å². The van der Waals surface area contributed by atoms with Crippen LogP contribution in [0.1, 0.15) is 28.1 Å². The highest BCUT2D eigenvalue weighted by atomic mass is 16.3. The van der Waals surface area contributed by atoms with Crippen molar-refractivity contribution in [2.24, 2.45) is 4.99 Å². The number of ketones is 1. The topological polar surface area (TPSA) is 66.4 Å². The molecule has 0 saturated heterocycles. The number of carbonyl (C=O) groups is 1. The largest absolute Gasteiger partial charge is 0.465 e. The first kappa shape index (κ1) is 16.2. The highest BCUT2D eigenvalue weighted by molar-refractivity contribution is 6.07. The number of hydrogen-bond acceptors (Lipinski definition) is 4. The number of Topliss-reactive ketones (excluding diaryl/α,β-unsaturated/α-hetero) is 1. The molecule has 1 aromatic carbocycles. The molecule has 2 rings (SSSR count). The smallest absolute Gasteiger partial charge is 0.166 e. The SMILES string of the molecule is CN=C(/C=C\CC(=O)c1cccc(C#N)c1)/C=C/c1ccco1. The maximum Gasteiger partial charge on any atom is 0.166 e. The van der Waals surface area contributed by atoms with Crippen LogP contribution < -0.4 is 0 Å². The number of carbonyl (C=O) groups excluding carboxylic acids is 1. The zero-order chi connectivity index (χ0) is 16.5. The number of aliphatic imine (C=N–C) groups is 1. The summed E-state index contributed by atoms with van der Waals surface area (Å²) >= 11 is 0. The molecule has 0 atom stereocenters. The molecule has 0 aliphatic carbocycles. The second-order valence-corrected chi connectivity index (χ2v) is 4.72. The van der Waals surface area contributed by atoms with Crippen LogP contribution in [0.4, 0.5) is 0 Å². The Hall–Kier alpha value is -3.19. The van der Waals surface area contributed by atoms with Gasteiger partial charge in [0.25, 0.3) is 0 Å². The van der Waals surface area contributed by atoms with Gasteiger partial charge in [-0.05, 0) is 42.5 Å². The molecule has 0 bridgehead atoms. The van der Waals surface area contributed by atoms with Crippen LogP contribution in [0.5, 0.6) is 0 Å². The van der Waals surface area contributed by atoms with Gasteiger partial charge in [-0.1, -0.05) is 18.2 Å². The molecule has 0 fully saturated rings. The molecule has 0 aliphatic rings. The molecule has 0 spiro atoms. The summed E-state index contributed by atoms with van der Waals surface area (Å²) in [7, 11) is 1.68. The zero-order valence-corrected chi connectivity index (χ0v) is 12.8. The normalized spacial score (nSPS) is 11.9. The third-order valence-corrected chi connectivity index (χ3v) is 3.13. The van der Waals surface area contributed by atoms with E-state index in [4.69, 9.17) is 9.68 Å². The van der Waals surface area contributed by atoms with E-state index in [9.17, 15) is 4.79 Å². The van der Waals surface area contributed by atoms with Gasteiger partial charge in [-0.25, -0.2) is 0 Å². The van der Waals surface area contributed by atoms with E-state index in [2.05, 4.69) is 4.99 Å². The van der Waals surface area contributed by atoms with Crippen molar-refractivity contribution in [1.29, 1.82) is 5.26 Å². The Labute approximate surface area is 135 Å². The Bertz CT molecular complexity index is 791. The predicted octanol–water partition coefficient (Wildman–Crippen LogP) is 4.06. The molecular weight excluding hydrogens is 288 g/mol. The quantitative estimate of drug-likeness (QED) is 0.597. The number of benzene rings is 1. The lowest BCUT2D eigenvalue weighted by Crippen LogP contribution is -1.98. The van der Waals surface area contributed by atoms with Gasteiger partial charge in [0, 0.05) is 19.0 Å². The summed E-state index contributed by atoms with van der Waals surface area (Å²) in [5, 5.41) is 8.86. The van der Waals surface area contributed by atoms with Gasteiger partial charge in [0.05, 0.1) is 23.6 Å². The van der Waals surface area contributed by atoms with E-state index < -0.39 is 0 Å². The van der Waals surface area contributed by atoms with Gasteiger partial charge < -0.3 is 4.42 Å². The molecule has 114 valence electrons. The molecule has 0 saturated carbocycles. The van der Waals surface area contributed by atoms with Gasteiger partial charge in [-0.2, -0.15) is 5.26 Å². The first-order valence-electron chi connectivity index (χ1n) is 7.11. The number of furan rings is 1. The minimum atomic E-state index is -0.0381. The molecule has 0 radical (unpaired) electrons. The predicted molar refractivity (Wildman–Crippen MR) is 90.3 cm³/mol. The van der Waals surface area contributed by atoms with E-state index in [1.165, 1.54) is 0 Å². The molecule has 0 aliphatic heterocycles. The fourth-order valence-electron chi connectivity index (χ4n) is 1.92. The van der Waals surface area contributed by atoms with Crippen molar-refractivity contribution < 1.29 is 9.21 Å². The molecule has 1 aromatic heterocycles. The van der Waals surface area contributed by atoms with Crippen molar-refractivity contribution in [2.45, 2.75) is 6.42 Å². The summed E-state index contributed by atoms with van der Waals surface area (Å²) in [5.41, 5.74) is 1.76. The standard InChI is InChI=1S/C19H16N2O2/c1-21-17(10-11-18-8-4-12-23-18)7-3-9-19(22)16-6-2-5-15(13-16)14-20/h2-8,10-13H,9H2,1H3/b7-3-,11-10+,21-17?. The lowest BCUT2D eigenvalue weighted by molar-refractivity contribution is 0.0996. The van der Waals surface area contributed by atoms with Gasteiger partial charge in [0.15, 0.2) is 5.78 Å². The maximum atomic E-state index is 12.1. The minimum absolute atomic E-state index is 0.0381. The summed E-state index contributed by atoms with van der Waals surface area (Å²) in [5.74, 6) is 0.702. The summed E-state index contributed by atoms with van der Waals surface area (Å²) in [6.45, 7) is 0. The molecule has 4 nitrogen and oxygen atoms in total. The van der Waals surface area contributed by atoms with E-state index in [0.717, 1.165) is 11.5 Å². The highest BCUT2D eigenvalue weighted by Gasteiger charge is 2.04. The second-order valence-electron chi connectivity index (χ2n) is 4.72. The highest BCUT2D eigenvalue weighted by Crippen LogP contribution is 2.08. The molecule has 2 aromatic rings. The first-order chi connectivity index (χ1) is 11.2. The van der Waals surface area contributed by atoms with Crippen molar-refractivity contribution >= 4 is 17.6 Å². The van der Waals surface area contributed by atoms with Crippen LogP contribution in [0.25, 0.3) is 6.08 Å². The summed E-state index contributed by atoms with van der Waals surface area (Å²) < 4.78 is 5.20. The Balaban J connectivity index is 1.96. The molecule has 0 amide bonds. The van der Waals surface area contributed by atoms with Gasteiger partial charge in [0.1, 0.15) is 5.76 Å².